The second-order valence-electron chi connectivity index (χ2n) is 4.77. The van der Waals surface area contributed by atoms with Crippen molar-refractivity contribution in [3.8, 4) is 5.75 Å². The molecule has 2 N–H and O–H groups in total. The van der Waals surface area contributed by atoms with Gasteiger partial charge in [-0.15, -0.1) is 0 Å². The average Bonchev–Trinajstić information content (AvgIpc) is 3.05. The quantitative estimate of drug-likeness (QED) is 0.734. The lowest BCUT2D eigenvalue weighted by atomic mass is 10.2. The summed E-state index contributed by atoms with van der Waals surface area (Å²) in [6.07, 6.45) is 1.61. The fraction of sp³-hybridized carbons (Fsp3) is 0.312. The number of ether oxygens (including phenoxy) is 1. The van der Waals surface area contributed by atoms with Crippen LogP contribution in [-0.4, -0.2) is 25.6 Å². The van der Waals surface area contributed by atoms with Crippen LogP contribution in [0.1, 0.15) is 18.7 Å². The molecule has 1 aromatic carbocycles. The van der Waals surface area contributed by atoms with Crippen molar-refractivity contribution in [1.29, 1.82) is 0 Å². The molecule has 2 aromatic rings. The SMILES string of the molecule is C[C@@H](NCC(=O)NCCOc1ccc(Cl)cc1)c1ccco1. The zero-order valence-corrected chi connectivity index (χ0v) is 13.1. The molecule has 118 valence electrons. The van der Waals surface area contributed by atoms with Gasteiger partial charge in [-0.25, -0.2) is 0 Å². The first-order valence-corrected chi connectivity index (χ1v) is 7.45. The molecule has 0 radical (unpaired) electrons. The zero-order valence-electron chi connectivity index (χ0n) is 12.3. The molecule has 0 saturated carbocycles. The Morgan fingerprint density at radius 3 is 2.77 bits per heavy atom. The van der Waals surface area contributed by atoms with Crippen molar-refractivity contribution in [2.45, 2.75) is 13.0 Å². The zero-order chi connectivity index (χ0) is 15.8. The van der Waals surface area contributed by atoms with Crippen LogP contribution in [0, 0.1) is 0 Å². The van der Waals surface area contributed by atoms with Crippen LogP contribution in [0.5, 0.6) is 5.75 Å². The molecular weight excluding hydrogens is 304 g/mol. The highest BCUT2D eigenvalue weighted by Crippen LogP contribution is 2.15. The molecule has 2 rings (SSSR count). The molecular formula is C16H19ClN2O3. The molecule has 1 heterocycles. The molecule has 1 aromatic heterocycles. The Labute approximate surface area is 134 Å². The monoisotopic (exact) mass is 322 g/mol. The Morgan fingerprint density at radius 2 is 2.09 bits per heavy atom. The third-order valence-electron chi connectivity index (χ3n) is 3.05. The van der Waals surface area contributed by atoms with E-state index in [0.717, 1.165) is 11.5 Å². The third-order valence-corrected chi connectivity index (χ3v) is 3.30. The highest BCUT2D eigenvalue weighted by molar-refractivity contribution is 6.30. The number of amides is 1. The van der Waals surface area contributed by atoms with E-state index >= 15 is 0 Å². The van der Waals surface area contributed by atoms with Gasteiger partial charge in [-0.2, -0.15) is 0 Å². The van der Waals surface area contributed by atoms with Crippen LogP contribution in [0.4, 0.5) is 0 Å². The van der Waals surface area contributed by atoms with Gasteiger partial charge < -0.3 is 14.5 Å². The second-order valence-corrected chi connectivity index (χ2v) is 5.21. The number of hydrogen-bond acceptors (Lipinski definition) is 4. The first-order chi connectivity index (χ1) is 10.6. The fourth-order valence-corrected chi connectivity index (χ4v) is 1.96. The number of nitrogens with one attached hydrogen (secondary N) is 2. The molecule has 22 heavy (non-hydrogen) atoms. The van der Waals surface area contributed by atoms with E-state index in [1.807, 2.05) is 19.1 Å². The summed E-state index contributed by atoms with van der Waals surface area (Å²) in [5.74, 6) is 1.44. The number of hydrogen-bond donors (Lipinski definition) is 2. The molecule has 0 spiro atoms. The summed E-state index contributed by atoms with van der Waals surface area (Å²) in [5, 5.41) is 6.53. The lowest BCUT2D eigenvalue weighted by Crippen LogP contribution is -2.36. The summed E-state index contributed by atoms with van der Waals surface area (Å²) in [5.41, 5.74) is 0. The summed E-state index contributed by atoms with van der Waals surface area (Å²) >= 11 is 5.79. The minimum atomic E-state index is -0.0851. The highest BCUT2D eigenvalue weighted by Gasteiger charge is 2.09. The molecule has 0 aliphatic heterocycles. The first kappa shape index (κ1) is 16.4. The van der Waals surface area contributed by atoms with Gasteiger partial charge in [0.1, 0.15) is 18.1 Å². The van der Waals surface area contributed by atoms with E-state index < -0.39 is 0 Å². The predicted molar refractivity (Wildman–Crippen MR) is 85.1 cm³/mol. The van der Waals surface area contributed by atoms with Crippen molar-refractivity contribution in [3.05, 3.63) is 53.4 Å². The minimum Gasteiger partial charge on any atom is -0.492 e. The van der Waals surface area contributed by atoms with Gasteiger partial charge in [0.15, 0.2) is 0 Å². The Bertz CT molecular complexity index is 570. The van der Waals surface area contributed by atoms with Gasteiger partial charge >= 0.3 is 0 Å². The molecule has 1 atom stereocenters. The normalized spacial score (nSPS) is 11.9. The summed E-state index contributed by atoms with van der Waals surface area (Å²) < 4.78 is 10.7. The smallest absolute Gasteiger partial charge is 0.234 e. The largest absolute Gasteiger partial charge is 0.492 e. The molecule has 0 aliphatic carbocycles. The Hall–Kier alpha value is -1.98. The van der Waals surface area contributed by atoms with E-state index in [1.165, 1.54) is 0 Å². The van der Waals surface area contributed by atoms with Crippen LogP contribution >= 0.6 is 11.6 Å². The summed E-state index contributed by atoms with van der Waals surface area (Å²) in [4.78, 5) is 11.7. The van der Waals surface area contributed by atoms with Gasteiger partial charge in [-0.3, -0.25) is 10.1 Å². The molecule has 6 heteroatoms. The van der Waals surface area contributed by atoms with Gasteiger partial charge in [0.2, 0.25) is 5.91 Å². The van der Waals surface area contributed by atoms with E-state index in [0.29, 0.717) is 18.2 Å². The van der Waals surface area contributed by atoms with Gasteiger partial charge in [0.05, 0.1) is 25.4 Å². The number of halogens is 1. The van der Waals surface area contributed by atoms with Crippen molar-refractivity contribution in [1.82, 2.24) is 10.6 Å². The number of carbonyl (C=O) groups is 1. The molecule has 0 aliphatic rings. The van der Waals surface area contributed by atoms with Crippen molar-refractivity contribution >= 4 is 17.5 Å². The third kappa shape index (κ3) is 5.42. The summed E-state index contributed by atoms with van der Waals surface area (Å²) in [6, 6.07) is 10.8. The van der Waals surface area contributed by atoms with Gasteiger partial charge in [-0.05, 0) is 43.3 Å². The first-order valence-electron chi connectivity index (χ1n) is 7.07. The van der Waals surface area contributed by atoms with Gasteiger partial charge in [0.25, 0.3) is 0 Å². The number of furan rings is 1. The number of carbonyl (C=O) groups excluding carboxylic acids is 1. The minimum absolute atomic E-state index is 0.00827. The average molecular weight is 323 g/mol. The van der Waals surface area contributed by atoms with E-state index in [1.54, 1.807) is 30.5 Å². The van der Waals surface area contributed by atoms with Crippen LogP contribution < -0.4 is 15.4 Å². The number of benzene rings is 1. The Balaban J connectivity index is 1.58. The maximum absolute atomic E-state index is 11.7. The van der Waals surface area contributed by atoms with Crippen molar-refractivity contribution in [2.75, 3.05) is 19.7 Å². The Morgan fingerprint density at radius 1 is 1.32 bits per heavy atom. The van der Waals surface area contributed by atoms with E-state index in [2.05, 4.69) is 10.6 Å². The molecule has 0 bridgehead atoms. The van der Waals surface area contributed by atoms with E-state index in [9.17, 15) is 4.79 Å². The topological polar surface area (TPSA) is 63.5 Å². The van der Waals surface area contributed by atoms with Crippen molar-refractivity contribution in [3.63, 3.8) is 0 Å². The summed E-state index contributed by atoms with van der Waals surface area (Å²) in [6.45, 7) is 3.01. The fourth-order valence-electron chi connectivity index (χ4n) is 1.84. The van der Waals surface area contributed by atoms with Crippen LogP contribution in [0.3, 0.4) is 0 Å². The molecule has 0 unspecified atom stereocenters. The lowest BCUT2D eigenvalue weighted by molar-refractivity contribution is -0.120. The van der Waals surface area contributed by atoms with Crippen molar-refractivity contribution < 1.29 is 13.9 Å². The van der Waals surface area contributed by atoms with Gasteiger partial charge in [-0.1, -0.05) is 11.6 Å². The van der Waals surface area contributed by atoms with Crippen LogP contribution in [-0.2, 0) is 4.79 Å². The standard InChI is InChI=1S/C16H19ClN2O3/c1-12(15-3-2-9-22-15)19-11-16(20)18-8-10-21-14-6-4-13(17)5-7-14/h2-7,9,12,19H,8,10-11H2,1H3,(H,18,20)/t12-/m1/s1. The van der Waals surface area contributed by atoms with Crippen LogP contribution in [0.15, 0.2) is 47.1 Å². The van der Waals surface area contributed by atoms with Crippen LogP contribution in [0.2, 0.25) is 5.02 Å². The van der Waals surface area contributed by atoms with Crippen LogP contribution in [0.25, 0.3) is 0 Å². The van der Waals surface area contributed by atoms with Gasteiger partial charge in [0, 0.05) is 5.02 Å². The molecule has 0 fully saturated rings. The lowest BCUT2D eigenvalue weighted by Gasteiger charge is -2.11. The molecule has 1 amide bonds. The maximum Gasteiger partial charge on any atom is 0.234 e. The summed E-state index contributed by atoms with van der Waals surface area (Å²) in [7, 11) is 0. The molecule has 0 saturated heterocycles. The Kier molecular flexibility index (Phi) is 6.30. The second kappa shape index (κ2) is 8.46. The number of rotatable bonds is 8. The van der Waals surface area contributed by atoms with E-state index in [4.69, 9.17) is 20.8 Å². The van der Waals surface area contributed by atoms with E-state index in [-0.39, 0.29) is 18.5 Å². The highest BCUT2D eigenvalue weighted by atomic mass is 35.5. The molecule has 5 nitrogen and oxygen atoms in total. The predicted octanol–water partition coefficient (Wildman–Crippen LogP) is 2.78. The maximum atomic E-state index is 11.7. The van der Waals surface area contributed by atoms with Crippen molar-refractivity contribution in [2.24, 2.45) is 0 Å².